The van der Waals surface area contributed by atoms with E-state index in [0.717, 1.165) is 28.1 Å². The Balaban J connectivity index is 1.73. The average Bonchev–Trinajstić information content (AvgIpc) is 3.05. The number of amides is 3. The number of hydrogen-bond donors (Lipinski definition) is 2. The van der Waals surface area contributed by atoms with Crippen LogP contribution < -0.4 is 10.6 Å². The van der Waals surface area contributed by atoms with Crippen molar-refractivity contribution in [2.75, 3.05) is 0 Å². The standard InChI is InChI=1S/C17H22N4O2S2/c1-9(13(22)20-16(23)21-17(2,3)4)24-14-12-10-6-5-7-11(10)25-15(12)19-8-18-14/h8-9H,5-7H2,1-4H3,(H2,20,21,22,23). The van der Waals surface area contributed by atoms with Crippen molar-refractivity contribution in [3.8, 4) is 0 Å². The summed E-state index contributed by atoms with van der Waals surface area (Å²) in [7, 11) is 0. The molecule has 0 spiro atoms. The first kappa shape index (κ1) is 18.1. The smallest absolute Gasteiger partial charge is 0.321 e. The number of thioether (sulfide) groups is 1. The molecule has 2 aromatic rings. The summed E-state index contributed by atoms with van der Waals surface area (Å²) < 4.78 is 0. The Morgan fingerprint density at radius 1 is 1.28 bits per heavy atom. The highest BCUT2D eigenvalue weighted by molar-refractivity contribution is 8.00. The number of nitrogens with zero attached hydrogens (tertiary/aromatic N) is 2. The van der Waals surface area contributed by atoms with Crippen molar-refractivity contribution in [1.82, 2.24) is 20.6 Å². The van der Waals surface area contributed by atoms with E-state index < -0.39 is 16.8 Å². The number of thiophene rings is 1. The van der Waals surface area contributed by atoms with Crippen LogP contribution in [-0.2, 0) is 17.6 Å². The van der Waals surface area contributed by atoms with E-state index in [4.69, 9.17) is 0 Å². The molecule has 0 fully saturated rings. The van der Waals surface area contributed by atoms with E-state index in [9.17, 15) is 9.59 Å². The fraction of sp³-hybridized carbons (Fsp3) is 0.529. The average molecular weight is 379 g/mol. The second kappa shape index (κ2) is 6.92. The monoisotopic (exact) mass is 378 g/mol. The second-order valence-corrected chi connectivity index (χ2v) is 9.58. The first-order valence-corrected chi connectivity index (χ1v) is 9.99. The van der Waals surface area contributed by atoms with Gasteiger partial charge in [-0.05, 0) is 52.5 Å². The lowest BCUT2D eigenvalue weighted by atomic mass is 10.1. The molecule has 2 heterocycles. The van der Waals surface area contributed by atoms with Crippen LogP contribution in [-0.4, -0.2) is 32.7 Å². The number of fused-ring (bicyclic) bond motifs is 3. The molecule has 6 nitrogen and oxygen atoms in total. The number of hydrogen-bond acceptors (Lipinski definition) is 6. The summed E-state index contributed by atoms with van der Waals surface area (Å²) in [6.45, 7) is 7.38. The largest absolute Gasteiger partial charge is 0.333 e. The van der Waals surface area contributed by atoms with Crippen LogP contribution in [0.2, 0.25) is 0 Å². The van der Waals surface area contributed by atoms with Crippen LogP contribution in [0.5, 0.6) is 0 Å². The molecule has 0 aromatic carbocycles. The number of carbonyl (C=O) groups excluding carboxylic acids is 2. The molecule has 8 heteroatoms. The zero-order chi connectivity index (χ0) is 18.2. The quantitative estimate of drug-likeness (QED) is 0.632. The molecule has 134 valence electrons. The van der Waals surface area contributed by atoms with Crippen LogP contribution in [0.1, 0.15) is 44.6 Å². The number of aryl methyl sites for hydroxylation is 2. The summed E-state index contributed by atoms with van der Waals surface area (Å²) in [5, 5.41) is 6.60. The van der Waals surface area contributed by atoms with Gasteiger partial charge in [-0.1, -0.05) is 11.8 Å². The molecular formula is C17H22N4O2S2. The minimum absolute atomic E-state index is 0.328. The summed E-state index contributed by atoms with van der Waals surface area (Å²) in [6, 6.07) is -0.478. The van der Waals surface area contributed by atoms with Crippen LogP contribution >= 0.6 is 23.1 Å². The first-order valence-electron chi connectivity index (χ1n) is 8.29. The summed E-state index contributed by atoms with van der Waals surface area (Å²) in [5.74, 6) is -0.328. The highest BCUT2D eigenvalue weighted by atomic mass is 32.2. The Morgan fingerprint density at radius 3 is 2.76 bits per heavy atom. The van der Waals surface area contributed by atoms with E-state index in [1.165, 1.54) is 28.6 Å². The minimum Gasteiger partial charge on any atom is -0.333 e. The SMILES string of the molecule is CC(Sc1ncnc2sc3c(c12)CCC3)C(=O)NC(=O)NC(C)(C)C. The van der Waals surface area contributed by atoms with Gasteiger partial charge in [0.15, 0.2) is 0 Å². The third-order valence-corrected chi connectivity index (χ3v) is 6.15. The van der Waals surface area contributed by atoms with E-state index in [1.54, 1.807) is 24.6 Å². The predicted molar refractivity (Wildman–Crippen MR) is 101 cm³/mol. The third-order valence-electron chi connectivity index (χ3n) is 3.85. The predicted octanol–water partition coefficient (Wildman–Crippen LogP) is 3.28. The highest BCUT2D eigenvalue weighted by Crippen LogP contribution is 2.40. The van der Waals surface area contributed by atoms with Crippen molar-refractivity contribution in [3.63, 3.8) is 0 Å². The maximum absolute atomic E-state index is 12.3. The van der Waals surface area contributed by atoms with Crippen molar-refractivity contribution in [3.05, 3.63) is 16.8 Å². The number of rotatable bonds is 3. The molecule has 0 saturated heterocycles. The molecule has 25 heavy (non-hydrogen) atoms. The zero-order valence-electron chi connectivity index (χ0n) is 14.8. The fourth-order valence-electron chi connectivity index (χ4n) is 2.80. The van der Waals surface area contributed by atoms with Crippen molar-refractivity contribution < 1.29 is 9.59 Å². The van der Waals surface area contributed by atoms with Crippen molar-refractivity contribution in [2.24, 2.45) is 0 Å². The summed E-state index contributed by atoms with van der Waals surface area (Å²) in [6.07, 6.45) is 4.86. The van der Waals surface area contributed by atoms with Gasteiger partial charge in [-0.3, -0.25) is 10.1 Å². The van der Waals surface area contributed by atoms with E-state index in [0.29, 0.717) is 0 Å². The van der Waals surface area contributed by atoms with Gasteiger partial charge < -0.3 is 5.32 Å². The van der Waals surface area contributed by atoms with Crippen LogP contribution in [0.4, 0.5) is 4.79 Å². The number of aromatic nitrogens is 2. The van der Waals surface area contributed by atoms with E-state index in [-0.39, 0.29) is 5.91 Å². The second-order valence-electron chi connectivity index (χ2n) is 7.17. The number of urea groups is 1. The summed E-state index contributed by atoms with van der Waals surface area (Å²) in [5.41, 5.74) is 0.942. The highest BCUT2D eigenvalue weighted by Gasteiger charge is 2.25. The normalized spacial score (nSPS) is 15.0. The van der Waals surface area contributed by atoms with Gasteiger partial charge in [0.2, 0.25) is 5.91 Å². The molecule has 1 aliphatic rings. The molecule has 0 aliphatic heterocycles. The number of imide groups is 1. The molecular weight excluding hydrogens is 356 g/mol. The maximum atomic E-state index is 12.3. The molecule has 1 aliphatic carbocycles. The van der Waals surface area contributed by atoms with Crippen LogP contribution in [0, 0.1) is 0 Å². The van der Waals surface area contributed by atoms with E-state index in [1.807, 2.05) is 20.8 Å². The van der Waals surface area contributed by atoms with Crippen LogP contribution in [0.25, 0.3) is 10.2 Å². The Morgan fingerprint density at radius 2 is 2.04 bits per heavy atom. The molecule has 3 amide bonds. The first-order chi connectivity index (χ1) is 11.7. The fourth-order valence-corrected chi connectivity index (χ4v) is 5.04. The van der Waals surface area contributed by atoms with Gasteiger partial charge in [-0.15, -0.1) is 11.3 Å². The molecule has 2 aromatic heterocycles. The minimum atomic E-state index is -0.478. The Labute approximate surface area is 155 Å². The van der Waals surface area contributed by atoms with Crippen molar-refractivity contribution in [2.45, 2.75) is 62.8 Å². The zero-order valence-corrected chi connectivity index (χ0v) is 16.4. The van der Waals surface area contributed by atoms with Crippen LogP contribution in [0.15, 0.2) is 11.4 Å². The topological polar surface area (TPSA) is 84.0 Å². The molecule has 1 atom stereocenters. The van der Waals surface area contributed by atoms with E-state index >= 15 is 0 Å². The van der Waals surface area contributed by atoms with Gasteiger partial charge in [0, 0.05) is 15.8 Å². The van der Waals surface area contributed by atoms with Crippen molar-refractivity contribution >= 4 is 45.3 Å². The lowest BCUT2D eigenvalue weighted by Crippen LogP contribution is -2.49. The van der Waals surface area contributed by atoms with Gasteiger partial charge in [-0.25, -0.2) is 14.8 Å². The summed E-state index contributed by atoms with van der Waals surface area (Å²) >= 11 is 3.10. The lowest BCUT2D eigenvalue weighted by Gasteiger charge is -2.21. The molecule has 3 rings (SSSR count). The van der Waals surface area contributed by atoms with Gasteiger partial charge in [-0.2, -0.15) is 0 Å². The molecule has 1 unspecified atom stereocenters. The molecule has 2 N–H and O–H groups in total. The Kier molecular flexibility index (Phi) is 5.02. The van der Waals surface area contributed by atoms with Gasteiger partial charge >= 0.3 is 6.03 Å². The number of nitrogens with one attached hydrogen (secondary N) is 2. The summed E-state index contributed by atoms with van der Waals surface area (Å²) in [4.78, 5) is 35.3. The Hall–Kier alpha value is -1.67. The van der Waals surface area contributed by atoms with E-state index in [2.05, 4.69) is 20.6 Å². The molecule has 0 radical (unpaired) electrons. The maximum Gasteiger partial charge on any atom is 0.321 e. The van der Waals surface area contributed by atoms with Gasteiger partial charge in [0.1, 0.15) is 16.2 Å². The van der Waals surface area contributed by atoms with Gasteiger partial charge in [0.05, 0.1) is 5.25 Å². The Bertz CT molecular complexity index is 826. The van der Waals surface area contributed by atoms with Crippen LogP contribution in [0.3, 0.4) is 0 Å². The third kappa shape index (κ3) is 4.12. The lowest BCUT2D eigenvalue weighted by molar-refractivity contribution is -0.119. The molecule has 0 bridgehead atoms. The van der Waals surface area contributed by atoms with Crippen molar-refractivity contribution in [1.29, 1.82) is 0 Å². The van der Waals surface area contributed by atoms with Gasteiger partial charge in [0.25, 0.3) is 0 Å². The molecule has 0 saturated carbocycles. The number of carbonyl (C=O) groups is 2.